The van der Waals surface area contributed by atoms with Crippen LogP contribution < -0.4 is 0 Å². The zero-order valence-electron chi connectivity index (χ0n) is 12.0. The van der Waals surface area contributed by atoms with E-state index in [0.717, 1.165) is 0 Å². The number of aliphatic hydroxyl groups is 8. The van der Waals surface area contributed by atoms with Gasteiger partial charge in [-0.25, -0.2) is 0 Å². The number of aliphatic hydroxyl groups excluding tert-OH is 8. The van der Waals surface area contributed by atoms with Crippen molar-refractivity contribution in [3.05, 3.63) is 0 Å². The van der Waals surface area contributed by atoms with Gasteiger partial charge in [0.05, 0.1) is 13.2 Å². The van der Waals surface area contributed by atoms with Gasteiger partial charge in [0.2, 0.25) is 0 Å². The average Bonchev–Trinajstić information content (AvgIpc) is 2.54. The first-order chi connectivity index (χ1) is 10.8. The molecule has 0 bridgehead atoms. The fraction of sp³-hybridized carbons (Fsp3) is 1.00. The summed E-state index contributed by atoms with van der Waals surface area (Å²) in [6, 6.07) is 0. The molecule has 0 aliphatic carbocycles. The summed E-state index contributed by atoms with van der Waals surface area (Å²) in [4.78, 5) is 0. The minimum absolute atomic E-state index is 0.667. The molecule has 0 aromatic heterocycles. The summed E-state index contributed by atoms with van der Waals surface area (Å²) in [5, 5.41) is 76.8. The third-order valence-electron chi connectivity index (χ3n) is 3.98. The van der Waals surface area contributed by atoms with Gasteiger partial charge in [0.15, 0.2) is 12.6 Å². The average molecular weight is 342 g/mol. The molecule has 136 valence electrons. The zero-order chi connectivity index (χ0) is 17.3. The Bertz CT molecular complexity index is 380. The Kier molecular flexibility index (Phi) is 6.27. The first kappa shape index (κ1) is 18.9. The number of ether oxygens (including phenoxy) is 3. The highest BCUT2D eigenvalue weighted by Crippen LogP contribution is 2.28. The molecule has 0 amide bonds. The number of rotatable bonds is 4. The van der Waals surface area contributed by atoms with Gasteiger partial charge < -0.3 is 55.1 Å². The Balaban J connectivity index is 2.11. The van der Waals surface area contributed by atoms with E-state index in [1.807, 2.05) is 0 Å². The molecule has 23 heavy (non-hydrogen) atoms. The first-order valence-electron chi connectivity index (χ1n) is 7.08. The maximum absolute atomic E-state index is 10.00. The molecule has 0 aromatic rings. The van der Waals surface area contributed by atoms with Crippen LogP contribution in [0.15, 0.2) is 0 Å². The van der Waals surface area contributed by atoms with Gasteiger partial charge in [-0.15, -0.1) is 0 Å². The van der Waals surface area contributed by atoms with Crippen molar-refractivity contribution in [3.63, 3.8) is 0 Å². The summed E-state index contributed by atoms with van der Waals surface area (Å²) >= 11 is 0. The van der Waals surface area contributed by atoms with Crippen LogP contribution in [0.4, 0.5) is 0 Å². The molecule has 2 rings (SSSR count). The third kappa shape index (κ3) is 3.65. The molecule has 11 heteroatoms. The largest absolute Gasteiger partial charge is 0.394 e. The topological polar surface area (TPSA) is 190 Å². The zero-order valence-corrected chi connectivity index (χ0v) is 12.0. The van der Waals surface area contributed by atoms with Crippen molar-refractivity contribution in [3.8, 4) is 0 Å². The molecule has 2 aliphatic rings. The van der Waals surface area contributed by atoms with Gasteiger partial charge in [-0.1, -0.05) is 0 Å². The van der Waals surface area contributed by atoms with E-state index >= 15 is 0 Å². The minimum Gasteiger partial charge on any atom is -0.394 e. The molecule has 0 radical (unpaired) electrons. The van der Waals surface area contributed by atoms with E-state index < -0.39 is 74.6 Å². The quantitative estimate of drug-likeness (QED) is 0.243. The third-order valence-corrected chi connectivity index (χ3v) is 3.98. The molecule has 2 saturated heterocycles. The van der Waals surface area contributed by atoms with Crippen LogP contribution in [0.25, 0.3) is 0 Å². The summed E-state index contributed by atoms with van der Waals surface area (Å²) in [5.74, 6) is 0. The minimum atomic E-state index is -1.76. The second-order valence-corrected chi connectivity index (χ2v) is 5.53. The summed E-state index contributed by atoms with van der Waals surface area (Å²) in [6.45, 7) is -1.34. The second kappa shape index (κ2) is 7.63. The van der Waals surface area contributed by atoms with Gasteiger partial charge in [-0.05, 0) is 0 Å². The first-order valence-corrected chi connectivity index (χ1v) is 7.08. The van der Waals surface area contributed by atoms with E-state index in [2.05, 4.69) is 0 Å². The SMILES string of the molecule is OC[C@@H]1O[C@@H](O[C@H]2[C@H](O)[C@@H](CO)OC(O)[C@H]2O)[C@H](O)[C@H](O)[C@H]1O. The van der Waals surface area contributed by atoms with Crippen LogP contribution in [0.5, 0.6) is 0 Å². The molecule has 2 fully saturated rings. The van der Waals surface area contributed by atoms with Crippen molar-refractivity contribution in [2.75, 3.05) is 13.2 Å². The van der Waals surface area contributed by atoms with E-state index in [4.69, 9.17) is 24.4 Å². The Hall–Kier alpha value is -0.440. The van der Waals surface area contributed by atoms with Crippen molar-refractivity contribution in [1.29, 1.82) is 0 Å². The number of hydrogen-bond acceptors (Lipinski definition) is 11. The molecule has 10 atom stereocenters. The van der Waals surface area contributed by atoms with E-state index in [1.54, 1.807) is 0 Å². The van der Waals surface area contributed by atoms with Crippen molar-refractivity contribution in [1.82, 2.24) is 0 Å². The van der Waals surface area contributed by atoms with E-state index in [0.29, 0.717) is 0 Å². The molecular weight excluding hydrogens is 320 g/mol. The lowest BCUT2D eigenvalue weighted by atomic mass is 9.97. The van der Waals surface area contributed by atoms with Gasteiger partial charge >= 0.3 is 0 Å². The molecule has 0 saturated carbocycles. The Morgan fingerprint density at radius 2 is 1.22 bits per heavy atom. The standard InChI is InChI=1S/C12H22O11/c13-1-3-5(15)7(17)8(18)12(22-3)23-10-6(16)4(2-14)21-11(20)9(10)19/h3-20H,1-2H2/t3-,4+,5-,6+,7+,8+,9-,10-,11?,12-/m0/s1. The highest BCUT2D eigenvalue weighted by Gasteiger charge is 2.50. The lowest BCUT2D eigenvalue weighted by Crippen LogP contribution is -2.64. The molecule has 11 nitrogen and oxygen atoms in total. The number of hydrogen-bond donors (Lipinski definition) is 8. The van der Waals surface area contributed by atoms with Crippen molar-refractivity contribution < 1.29 is 55.1 Å². The molecule has 2 heterocycles. The Morgan fingerprint density at radius 3 is 1.78 bits per heavy atom. The summed E-state index contributed by atoms with van der Waals surface area (Å²) in [5.41, 5.74) is 0. The Morgan fingerprint density at radius 1 is 0.652 bits per heavy atom. The normalized spacial score (nSPS) is 51.7. The van der Waals surface area contributed by atoms with Crippen LogP contribution in [0.1, 0.15) is 0 Å². The van der Waals surface area contributed by atoms with Gasteiger partial charge in [0.25, 0.3) is 0 Å². The molecule has 0 aromatic carbocycles. The van der Waals surface area contributed by atoms with Gasteiger partial charge in [0, 0.05) is 0 Å². The van der Waals surface area contributed by atoms with E-state index in [1.165, 1.54) is 0 Å². The van der Waals surface area contributed by atoms with Crippen LogP contribution in [-0.4, -0.2) is 115 Å². The van der Waals surface area contributed by atoms with Crippen LogP contribution in [-0.2, 0) is 14.2 Å². The smallest absolute Gasteiger partial charge is 0.187 e. The predicted molar refractivity (Wildman–Crippen MR) is 68.6 cm³/mol. The molecule has 8 N–H and O–H groups in total. The summed E-state index contributed by atoms with van der Waals surface area (Å²) < 4.78 is 15.1. The Labute approximate surface area is 130 Å². The second-order valence-electron chi connectivity index (χ2n) is 5.53. The highest BCUT2D eigenvalue weighted by molar-refractivity contribution is 4.93. The van der Waals surface area contributed by atoms with E-state index in [-0.39, 0.29) is 0 Å². The van der Waals surface area contributed by atoms with Gasteiger partial charge in [-0.3, -0.25) is 0 Å². The monoisotopic (exact) mass is 342 g/mol. The molecular formula is C12H22O11. The fourth-order valence-corrected chi connectivity index (χ4v) is 2.56. The molecule has 2 aliphatic heterocycles. The molecule has 1 unspecified atom stereocenters. The van der Waals surface area contributed by atoms with Crippen LogP contribution in [0, 0.1) is 0 Å². The maximum atomic E-state index is 10.00. The van der Waals surface area contributed by atoms with Crippen molar-refractivity contribution in [2.45, 2.75) is 61.4 Å². The van der Waals surface area contributed by atoms with Crippen LogP contribution in [0.2, 0.25) is 0 Å². The summed E-state index contributed by atoms with van der Waals surface area (Å²) in [7, 11) is 0. The van der Waals surface area contributed by atoms with E-state index in [9.17, 15) is 30.6 Å². The lowest BCUT2D eigenvalue weighted by Gasteiger charge is -2.45. The van der Waals surface area contributed by atoms with Gasteiger partial charge in [-0.2, -0.15) is 0 Å². The van der Waals surface area contributed by atoms with Crippen LogP contribution in [0.3, 0.4) is 0 Å². The van der Waals surface area contributed by atoms with Crippen molar-refractivity contribution in [2.24, 2.45) is 0 Å². The maximum Gasteiger partial charge on any atom is 0.187 e. The predicted octanol–water partition coefficient (Wildman–Crippen LogP) is -5.40. The fourth-order valence-electron chi connectivity index (χ4n) is 2.56. The molecule has 0 spiro atoms. The van der Waals surface area contributed by atoms with Gasteiger partial charge in [0.1, 0.15) is 48.8 Å². The highest BCUT2D eigenvalue weighted by atomic mass is 16.7. The summed E-state index contributed by atoms with van der Waals surface area (Å²) in [6.07, 6.45) is -15.7. The van der Waals surface area contributed by atoms with Crippen LogP contribution >= 0.6 is 0 Å². The lowest BCUT2D eigenvalue weighted by molar-refractivity contribution is -0.355. The van der Waals surface area contributed by atoms with Crippen molar-refractivity contribution >= 4 is 0 Å².